The van der Waals surface area contributed by atoms with Gasteiger partial charge in [0.1, 0.15) is 0 Å². The average molecular weight is 154 g/mol. The normalized spacial score (nSPS) is 31.6. The van der Waals surface area contributed by atoms with Crippen LogP contribution in [-0.2, 0) is 0 Å². The van der Waals surface area contributed by atoms with Crippen molar-refractivity contribution in [1.82, 2.24) is 0 Å². The fourth-order valence-electron chi connectivity index (χ4n) is 2.66. The van der Waals surface area contributed by atoms with Crippen molar-refractivity contribution >= 4 is 0 Å². The lowest BCUT2D eigenvalue weighted by molar-refractivity contribution is 0.0469. The summed E-state index contributed by atoms with van der Waals surface area (Å²) >= 11 is 0. The monoisotopic (exact) mass is 154 g/mol. The van der Waals surface area contributed by atoms with E-state index in [2.05, 4.69) is 27.7 Å². The molecule has 1 aliphatic rings. The fraction of sp³-hybridized carbons (Fsp3) is 1.00. The van der Waals surface area contributed by atoms with E-state index in [1.807, 2.05) is 0 Å². The van der Waals surface area contributed by atoms with Crippen LogP contribution in [0.4, 0.5) is 0 Å². The molecule has 0 N–H and O–H groups in total. The van der Waals surface area contributed by atoms with Gasteiger partial charge in [0.05, 0.1) is 0 Å². The van der Waals surface area contributed by atoms with Crippen molar-refractivity contribution in [3.05, 3.63) is 0 Å². The van der Waals surface area contributed by atoms with Crippen LogP contribution in [0.5, 0.6) is 0 Å². The molecule has 0 spiro atoms. The second-order valence-corrected chi connectivity index (χ2v) is 4.90. The molecule has 0 aromatic rings. The van der Waals surface area contributed by atoms with E-state index in [4.69, 9.17) is 0 Å². The third kappa shape index (κ3) is 1.77. The van der Waals surface area contributed by atoms with Gasteiger partial charge < -0.3 is 0 Å². The van der Waals surface area contributed by atoms with Crippen molar-refractivity contribution in [3.63, 3.8) is 0 Å². The van der Waals surface area contributed by atoms with E-state index in [-0.39, 0.29) is 0 Å². The molecule has 1 fully saturated rings. The van der Waals surface area contributed by atoms with E-state index in [0.29, 0.717) is 5.41 Å². The van der Waals surface area contributed by atoms with E-state index in [1.54, 1.807) is 0 Å². The van der Waals surface area contributed by atoms with Crippen LogP contribution in [0.25, 0.3) is 0 Å². The first-order valence-electron chi connectivity index (χ1n) is 5.08. The predicted molar refractivity (Wildman–Crippen MR) is 50.6 cm³/mol. The fourth-order valence-corrected chi connectivity index (χ4v) is 2.66. The van der Waals surface area contributed by atoms with Crippen LogP contribution in [-0.4, -0.2) is 0 Å². The van der Waals surface area contributed by atoms with Gasteiger partial charge in [0.25, 0.3) is 0 Å². The maximum Gasteiger partial charge on any atom is -0.0323 e. The zero-order chi connectivity index (χ0) is 8.48. The molecule has 0 aromatic carbocycles. The van der Waals surface area contributed by atoms with Crippen molar-refractivity contribution in [1.29, 1.82) is 0 Å². The molecule has 0 saturated heterocycles. The Hall–Kier alpha value is 0. The average Bonchev–Trinajstić information content (AvgIpc) is 1.83. The van der Waals surface area contributed by atoms with Crippen LogP contribution < -0.4 is 0 Å². The highest BCUT2D eigenvalue weighted by Crippen LogP contribution is 2.48. The molecule has 0 radical (unpaired) electrons. The van der Waals surface area contributed by atoms with Crippen LogP contribution in [0.15, 0.2) is 0 Å². The maximum atomic E-state index is 2.44. The first kappa shape index (κ1) is 9.09. The largest absolute Gasteiger partial charge is 0.0654 e. The van der Waals surface area contributed by atoms with Crippen molar-refractivity contribution in [3.8, 4) is 0 Å². The van der Waals surface area contributed by atoms with Crippen LogP contribution >= 0.6 is 0 Å². The van der Waals surface area contributed by atoms with E-state index < -0.39 is 0 Å². The lowest BCUT2D eigenvalue weighted by atomic mass is 9.60. The predicted octanol–water partition coefficient (Wildman–Crippen LogP) is 3.86. The molecule has 11 heavy (non-hydrogen) atoms. The van der Waals surface area contributed by atoms with Crippen LogP contribution in [0.1, 0.15) is 53.4 Å². The standard InChI is InChI=1S/C11H22/c1-5-8-11(3,4)10-7-6-9(10)2/h9-10H,5-8H2,1-4H3. The molecule has 1 rings (SSSR count). The summed E-state index contributed by atoms with van der Waals surface area (Å²) in [6.07, 6.45) is 5.70. The Bertz CT molecular complexity index is 124. The molecular weight excluding hydrogens is 132 g/mol. The van der Waals surface area contributed by atoms with Gasteiger partial charge in [-0.15, -0.1) is 0 Å². The van der Waals surface area contributed by atoms with Crippen LogP contribution in [0, 0.1) is 17.3 Å². The molecule has 1 saturated carbocycles. The van der Waals surface area contributed by atoms with Gasteiger partial charge in [0.15, 0.2) is 0 Å². The highest BCUT2D eigenvalue weighted by Gasteiger charge is 2.38. The first-order valence-corrected chi connectivity index (χ1v) is 5.08. The van der Waals surface area contributed by atoms with Gasteiger partial charge in [-0.25, -0.2) is 0 Å². The Balaban J connectivity index is 2.43. The van der Waals surface area contributed by atoms with Crippen molar-refractivity contribution in [2.24, 2.45) is 17.3 Å². The summed E-state index contributed by atoms with van der Waals surface area (Å²) in [4.78, 5) is 0. The van der Waals surface area contributed by atoms with Crippen LogP contribution in [0.2, 0.25) is 0 Å². The molecule has 0 heterocycles. The Labute approximate surface area is 71.4 Å². The highest BCUT2D eigenvalue weighted by molar-refractivity contribution is 4.88. The van der Waals surface area contributed by atoms with Crippen molar-refractivity contribution < 1.29 is 0 Å². The molecule has 0 bridgehead atoms. The van der Waals surface area contributed by atoms with E-state index >= 15 is 0 Å². The van der Waals surface area contributed by atoms with Crippen molar-refractivity contribution in [2.75, 3.05) is 0 Å². The summed E-state index contributed by atoms with van der Waals surface area (Å²) in [5.74, 6) is 2.01. The lowest BCUT2D eigenvalue weighted by Crippen LogP contribution is -2.36. The molecule has 2 atom stereocenters. The Morgan fingerprint density at radius 1 is 1.27 bits per heavy atom. The molecule has 0 nitrogen and oxygen atoms in total. The van der Waals surface area contributed by atoms with Gasteiger partial charge in [-0.2, -0.15) is 0 Å². The smallest absolute Gasteiger partial charge is 0.0323 e. The zero-order valence-electron chi connectivity index (χ0n) is 8.48. The third-order valence-electron chi connectivity index (χ3n) is 3.52. The molecule has 66 valence electrons. The minimum atomic E-state index is 0.617. The van der Waals surface area contributed by atoms with Gasteiger partial charge in [-0.3, -0.25) is 0 Å². The summed E-state index contributed by atoms with van der Waals surface area (Å²) < 4.78 is 0. The van der Waals surface area contributed by atoms with Gasteiger partial charge in [-0.05, 0) is 30.1 Å². The lowest BCUT2D eigenvalue weighted by Gasteiger charge is -2.45. The molecule has 0 aromatic heterocycles. The van der Waals surface area contributed by atoms with Crippen LogP contribution in [0.3, 0.4) is 0 Å². The number of hydrogen-bond acceptors (Lipinski definition) is 0. The Morgan fingerprint density at radius 2 is 1.91 bits per heavy atom. The highest BCUT2D eigenvalue weighted by atomic mass is 14.4. The minimum absolute atomic E-state index is 0.617. The first-order chi connectivity index (χ1) is 5.08. The Kier molecular flexibility index (Phi) is 2.61. The molecule has 0 amide bonds. The van der Waals surface area contributed by atoms with Gasteiger partial charge in [0, 0.05) is 0 Å². The van der Waals surface area contributed by atoms with Gasteiger partial charge >= 0.3 is 0 Å². The molecule has 0 aliphatic heterocycles. The summed E-state index contributed by atoms with van der Waals surface area (Å²) in [6, 6.07) is 0. The van der Waals surface area contributed by atoms with Gasteiger partial charge in [0.2, 0.25) is 0 Å². The van der Waals surface area contributed by atoms with Crippen molar-refractivity contribution in [2.45, 2.75) is 53.4 Å². The summed E-state index contributed by atoms with van der Waals surface area (Å²) in [5.41, 5.74) is 0.617. The molecule has 1 aliphatic carbocycles. The molecule has 0 heteroatoms. The minimum Gasteiger partial charge on any atom is -0.0654 e. The molecule has 2 unspecified atom stereocenters. The topological polar surface area (TPSA) is 0 Å². The zero-order valence-corrected chi connectivity index (χ0v) is 8.48. The third-order valence-corrected chi connectivity index (χ3v) is 3.52. The quantitative estimate of drug-likeness (QED) is 0.579. The summed E-state index contributed by atoms with van der Waals surface area (Å²) in [7, 11) is 0. The number of rotatable bonds is 3. The second kappa shape index (κ2) is 3.16. The Morgan fingerprint density at radius 3 is 2.18 bits per heavy atom. The van der Waals surface area contributed by atoms with Gasteiger partial charge in [-0.1, -0.05) is 40.5 Å². The van der Waals surface area contributed by atoms with E-state index in [1.165, 1.54) is 25.7 Å². The molecular formula is C11H22. The maximum absolute atomic E-state index is 2.44. The second-order valence-electron chi connectivity index (χ2n) is 4.90. The van der Waals surface area contributed by atoms with E-state index in [9.17, 15) is 0 Å². The number of hydrogen-bond donors (Lipinski definition) is 0. The van der Waals surface area contributed by atoms with E-state index in [0.717, 1.165) is 11.8 Å². The summed E-state index contributed by atoms with van der Waals surface area (Å²) in [5, 5.41) is 0. The summed E-state index contributed by atoms with van der Waals surface area (Å²) in [6.45, 7) is 9.59. The SMILES string of the molecule is CCCC(C)(C)C1CCC1C.